The molecule has 108 valence electrons. The Hall–Kier alpha value is -1.24. The van der Waals surface area contributed by atoms with Gasteiger partial charge in [0.05, 0.1) is 5.75 Å². The number of hydrogen-bond donors (Lipinski definition) is 1. The molecule has 1 aromatic rings. The Morgan fingerprint density at radius 2 is 2.05 bits per heavy atom. The zero-order valence-electron chi connectivity index (χ0n) is 12.3. The Balaban J connectivity index is 2.88. The molecule has 0 saturated carbocycles. The highest BCUT2D eigenvalue weighted by Crippen LogP contribution is 2.27. The Morgan fingerprint density at radius 1 is 1.47 bits per heavy atom. The van der Waals surface area contributed by atoms with Crippen molar-refractivity contribution in [3.63, 3.8) is 0 Å². The van der Waals surface area contributed by atoms with E-state index in [1.807, 2.05) is 18.7 Å². The van der Waals surface area contributed by atoms with Crippen LogP contribution in [-0.2, 0) is 11.8 Å². The summed E-state index contributed by atoms with van der Waals surface area (Å²) in [6.07, 6.45) is 0. The van der Waals surface area contributed by atoms with Crippen LogP contribution in [0.3, 0.4) is 0 Å². The van der Waals surface area contributed by atoms with Crippen LogP contribution in [0.4, 0.5) is 5.95 Å². The summed E-state index contributed by atoms with van der Waals surface area (Å²) in [5.74, 6) is -0.119. The normalized spacial score (nSPS) is 13.4. The van der Waals surface area contributed by atoms with Gasteiger partial charge >= 0.3 is 5.97 Å². The van der Waals surface area contributed by atoms with Crippen LogP contribution >= 0.6 is 11.8 Å². The van der Waals surface area contributed by atoms with Crippen molar-refractivity contribution in [2.45, 2.75) is 38.9 Å². The smallest absolute Gasteiger partial charge is 0.313 e. The molecule has 0 aliphatic rings. The summed E-state index contributed by atoms with van der Waals surface area (Å²) in [6, 6.07) is 0.285. The Bertz CT molecular complexity index is 453. The maximum Gasteiger partial charge on any atom is 0.313 e. The highest BCUT2D eigenvalue weighted by molar-refractivity contribution is 7.99. The van der Waals surface area contributed by atoms with Gasteiger partial charge in [-0.3, -0.25) is 9.36 Å². The molecule has 0 aliphatic heterocycles. The molecule has 1 atom stereocenters. The summed E-state index contributed by atoms with van der Waals surface area (Å²) in [6.45, 7) is 8.65. The van der Waals surface area contributed by atoms with Gasteiger partial charge in [0, 0.05) is 20.1 Å². The molecule has 1 unspecified atom stereocenters. The summed E-state index contributed by atoms with van der Waals surface area (Å²) in [7, 11) is 3.83. The molecule has 6 nitrogen and oxygen atoms in total. The molecular formula is C12H22N4O2S. The van der Waals surface area contributed by atoms with Gasteiger partial charge < -0.3 is 10.0 Å². The summed E-state index contributed by atoms with van der Waals surface area (Å²) in [4.78, 5) is 12.6. The number of nitrogens with zero attached hydrogens (tertiary/aromatic N) is 4. The molecule has 0 bridgehead atoms. The second kappa shape index (κ2) is 5.81. The van der Waals surface area contributed by atoms with Crippen LogP contribution < -0.4 is 4.90 Å². The third-order valence-corrected chi connectivity index (χ3v) is 4.29. The van der Waals surface area contributed by atoms with Gasteiger partial charge in [-0.1, -0.05) is 32.5 Å². The number of carbonyl (C=O) groups is 1. The predicted molar refractivity (Wildman–Crippen MR) is 76.7 cm³/mol. The van der Waals surface area contributed by atoms with Gasteiger partial charge in [-0.25, -0.2) is 0 Å². The standard InChI is InChI=1S/C12H22N4O2S/c1-8(12(2,3)4)15(5)10-13-14-11(16(10)6)19-7-9(17)18/h8H,7H2,1-6H3,(H,17,18). The highest BCUT2D eigenvalue weighted by atomic mass is 32.2. The van der Waals surface area contributed by atoms with Gasteiger partial charge in [0.25, 0.3) is 0 Å². The Labute approximate surface area is 118 Å². The second-order valence-corrected chi connectivity index (χ2v) is 6.62. The van der Waals surface area contributed by atoms with Crippen LogP contribution in [0.25, 0.3) is 0 Å². The van der Waals surface area contributed by atoms with Crippen molar-refractivity contribution in [1.29, 1.82) is 0 Å². The molecule has 19 heavy (non-hydrogen) atoms. The van der Waals surface area contributed by atoms with Crippen LogP contribution in [0.1, 0.15) is 27.7 Å². The maximum absolute atomic E-state index is 10.6. The first-order valence-corrected chi connectivity index (χ1v) is 7.10. The van der Waals surface area contributed by atoms with Gasteiger partial charge in [-0.05, 0) is 12.3 Å². The SMILES string of the molecule is CC(N(C)c1nnc(SCC(=O)O)n1C)C(C)(C)C. The van der Waals surface area contributed by atoms with Crippen LogP contribution in [0, 0.1) is 5.41 Å². The molecule has 0 fully saturated rings. The monoisotopic (exact) mass is 286 g/mol. The van der Waals surface area contributed by atoms with E-state index in [0.29, 0.717) is 5.16 Å². The molecular weight excluding hydrogens is 264 g/mol. The quantitative estimate of drug-likeness (QED) is 0.833. The fourth-order valence-electron chi connectivity index (χ4n) is 1.62. The molecule has 0 aromatic carbocycles. The minimum absolute atomic E-state index is 0.00941. The van der Waals surface area contributed by atoms with Crippen LogP contribution in [0.15, 0.2) is 5.16 Å². The minimum Gasteiger partial charge on any atom is -0.481 e. The summed E-state index contributed by atoms with van der Waals surface area (Å²) in [5.41, 5.74) is 0.120. The van der Waals surface area contributed by atoms with Crippen molar-refractivity contribution in [3.8, 4) is 0 Å². The average molecular weight is 286 g/mol. The van der Waals surface area contributed by atoms with Crippen molar-refractivity contribution in [2.75, 3.05) is 17.7 Å². The molecule has 1 N–H and O–H groups in total. The fraction of sp³-hybridized carbons (Fsp3) is 0.750. The molecule has 0 radical (unpaired) electrons. The molecule has 0 aliphatic carbocycles. The number of rotatable bonds is 5. The van der Waals surface area contributed by atoms with E-state index in [9.17, 15) is 4.79 Å². The number of anilines is 1. The van der Waals surface area contributed by atoms with Crippen LogP contribution in [-0.4, -0.2) is 44.7 Å². The topological polar surface area (TPSA) is 71.2 Å². The summed E-state index contributed by atoms with van der Waals surface area (Å²) >= 11 is 1.18. The van der Waals surface area contributed by atoms with Gasteiger partial charge in [0.15, 0.2) is 5.16 Å². The average Bonchev–Trinajstić information content (AvgIpc) is 2.65. The first-order valence-electron chi connectivity index (χ1n) is 6.11. The number of carboxylic acid groups (broad SMARTS) is 1. The lowest BCUT2D eigenvalue weighted by atomic mass is 9.87. The fourth-order valence-corrected chi connectivity index (χ4v) is 2.25. The number of carboxylic acids is 1. The highest BCUT2D eigenvalue weighted by Gasteiger charge is 2.27. The molecule has 7 heteroatoms. The second-order valence-electron chi connectivity index (χ2n) is 5.68. The van der Waals surface area contributed by atoms with Gasteiger partial charge in [0.1, 0.15) is 0 Å². The van der Waals surface area contributed by atoms with E-state index in [-0.39, 0.29) is 17.2 Å². The van der Waals surface area contributed by atoms with E-state index in [1.54, 1.807) is 0 Å². The largest absolute Gasteiger partial charge is 0.481 e. The Morgan fingerprint density at radius 3 is 2.53 bits per heavy atom. The van der Waals surface area contributed by atoms with Crippen LogP contribution in [0.5, 0.6) is 0 Å². The van der Waals surface area contributed by atoms with E-state index < -0.39 is 5.97 Å². The molecule has 0 saturated heterocycles. The third-order valence-electron chi connectivity index (χ3n) is 3.29. The molecule has 1 rings (SSSR count). The lowest BCUT2D eigenvalue weighted by molar-refractivity contribution is -0.133. The summed E-state index contributed by atoms with van der Waals surface area (Å²) in [5, 5.41) is 17.5. The Kier molecular flexibility index (Phi) is 4.84. The molecule has 0 amide bonds. The predicted octanol–water partition coefficient (Wildman–Crippen LogP) is 1.86. The van der Waals surface area contributed by atoms with E-state index in [4.69, 9.17) is 5.11 Å². The zero-order chi connectivity index (χ0) is 14.8. The van der Waals surface area contributed by atoms with E-state index in [0.717, 1.165) is 5.95 Å². The zero-order valence-corrected chi connectivity index (χ0v) is 13.2. The van der Waals surface area contributed by atoms with E-state index in [2.05, 4.69) is 42.8 Å². The first-order chi connectivity index (χ1) is 8.64. The van der Waals surface area contributed by atoms with Gasteiger partial charge in [-0.2, -0.15) is 0 Å². The lowest BCUT2D eigenvalue weighted by Crippen LogP contribution is -2.40. The van der Waals surface area contributed by atoms with Crippen molar-refractivity contribution < 1.29 is 9.90 Å². The first kappa shape index (κ1) is 15.8. The molecule has 1 heterocycles. The number of thioether (sulfide) groups is 1. The van der Waals surface area contributed by atoms with E-state index >= 15 is 0 Å². The van der Waals surface area contributed by atoms with Crippen molar-refractivity contribution in [3.05, 3.63) is 0 Å². The maximum atomic E-state index is 10.6. The number of aromatic nitrogens is 3. The van der Waals surface area contributed by atoms with E-state index in [1.165, 1.54) is 11.8 Å². The number of hydrogen-bond acceptors (Lipinski definition) is 5. The lowest BCUT2D eigenvalue weighted by Gasteiger charge is -2.35. The van der Waals surface area contributed by atoms with Crippen LogP contribution in [0.2, 0.25) is 0 Å². The third kappa shape index (κ3) is 3.86. The number of aliphatic carboxylic acids is 1. The van der Waals surface area contributed by atoms with Gasteiger partial charge in [0.2, 0.25) is 5.95 Å². The van der Waals surface area contributed by atoms with Crippen molar-refractivity contribution >= 4 is 23.7 Å². The van der Waals surface area contributed by atoms with Gasteiger partial charge in [-0.15, -0.1) is 10.2 Å². The minimum atomic E-state index is -0.856. The van der Waals surface area contributed by atoms with Crippen molar-refractivity contribution in [2.24, 2.45) is 12.5 Å². The summed E-state index contributed by atoms with van der Waals surface area (Å²) < 4.78 is 1.83. The molecule has 0 spiro atoms. The molecule has 1 aromatic heterocycles. The van der Waals surface area contributed by atoms with Crippen molar-refractivity contribution in [1.82, 2.24) is 14.8 Å².